The summed E-state index contributed by atoms with van der Waals surface area (Å²) >= 11 is 0. The number of methoxy groups -OCH3 is 1. The Hall–Kier alpha value is -2.17. The summed E-state index contributed by atoms with van der Waals surface area (Å²) in [6, 6.07) is 4.07. The highest BCUT2D eigenvalue weighted by Gasteiger charge is 2.31. The number of hydrogen-bond donors (Lipinski definition) is 0. The van der Waals surface area contributed by atoms with E-state index in [0.717, 1.165) is 0 Å². The number of halogens is 1. The Kier molecular flexibility index (Phi) is 3.61. The van der Waals surface area contributed by atoms with Crippen molar-refractivity contribution in [1.29, 1.82) is 0 Å². The van der Waals surface area contributed by atoms with Crippen molar-refractivity contribution in [1.82, 2.24) is 0 Å². The van der Waals surface area contributed by atoms with Gasteiger partial charge in [0.1, 0.15) is 11.6 Å². The molecule has 4 nitrogen and oxygen atoms in total. The maximum atomic E-state index is 13.3. The van der Waals surface area contributed by atoms with Crippen molar-refractivity contribution in [2.75, 3.05) is 7.11 Å². The number of carbonyl (C=O) groups is 1. The van der Waals surface area contributed by atoms with Crippen molar-refractivity contribution in [2.24, 2.45) is 10.4 Å². The van der Waals surface area contributed by atoms with Gasteiger partial charge in [0.05, 0.1) is 7.11 Å². The summed E-state index contributed by atoms with van der Waals surface area (Å²) in [4.78, 5) is 15.9. The van der Waals surface area contributed by atoms with E-state index in [1.165, 1.54) is 31.4 Å². The van der Waals surface area contributed by atoms with Gasteiger partial charge in [-0.1, -0.05) is 20.8 Å². The van der Waals surface area contributed by atoms with Gasteiger partial charge < -0.3 is 9.47 Å². The van der Waals surface area contributed by atoms with Crippen LogP contribution in [0.2, 0.25) is 0 Å². The van der Waals surface area contributed by atoms with Crippen molar-refractivity contribution in [3.05, 3.63) is 35.3 Å². The quantitative estimate of drug-likeness (QED) is 0.616. The molecule has 20 heavy (non-hydrogen) atoms. The Bertz CT molecular complexity index is 612. The largest absolute Gasteiger partial charge is 0.496 e. The standard InChI is InChI=1S/C15H16FNO3/c1-15(2,3)14-17-11(13(18)20-14)8-9-7-10(16)5-6-12(9)19-4/h5-8H,1-4H3/b11-8+. The van der Waals surface area contributed by atoms with E-state index in [4.69, 9.17) is 9.47 Å². The Labute approximate surface area is 116 Å². The molecule has 0 fully saturated rings. The van der Waals surface area contributed by atoms with E-state index in [1.54, 1.807) is 0 Å². The molecule has 1 aromatic carbocycles. The average molecular weight is 277 g/mol. The Morgan fingerprint density at radius 2 is 2.05 bits per heavy atom. The fraction of sp³-hybridized carbons (Fsp3) is 0.333. The first-order valence-corrected chi connectivity index (χ1v) is 6.18. The summed E-state index contributed by atoms with van der Waals surface area (Å²) in [5.74, 6) is -0.138. The molecule has 5 heteroatoms. The molecular weight excluding hydrogens is 261 g/mol. The molecule has 1 aliphatic heterocycles. The molecule has 0 saturated heterocycles. The molecule has 0 aliphatic carbocycles. The molecule has 2 rings (SSSR count). The summed E-state index contributed by atoms with van der Waals surface area (Å²) in [7, 11) is 1.48. The lowest BCUT2D eigenvalue weighted by Gasteiger charge is -2.15. The highest BCUT2D eigenvalue weighted by Crippen LogP contribution is 2.28. The zero-order chi connectivity index (χ0) is 14.9. The molecule has 0 amide bonds. The van der Waals surface area contributed by atoms with Crippen molar-refractivity contribution < 1.29 is 18.7 Å². The van der Waals surface area contributed by atoms with Gasteiger partial charge in [-0.25, -0.2) is 14.2 Å². The van der Waals surface area contributed by atoms with Gasteiger partial charge in [-0.3, -0.25) is 0 Å². The van der Waals surface area contributed by atoms with Crippen molar-refractivity contribution in [2.45, 2.75) is 20.8 Å². The molecule has 0 radical (unpaired) electrons. The summed E-state index contributed by atoms with van der Waals surface area (Å²) in [5, 5.41) is 0. The molecule has 0 bridgehead atoms. The first-order chi connectivity index (χ1) is 9.31. The van der Waals surface area contributed by atoms with Gasteiger partial charge in [-0.2, -0.15) is 0 Å². The van der Waals surface area contributed by atoms with Crippen LogP contribution in [0.25, 0.3) is 6.08 Å². The minimum atomic E-state index is -0.541. The molecule has 0 N–H and O–H groups in total. The Morgan fingerprint density at radius 1 is 1.35 bits per heavy atom. The number of ether oxygens (including phenoxy) is 2. The van der Waals surface area contributed by atoms with Gasteiger partial charge in [0.15, 0.2) is 5.70 Å². The first-order valence-electron chi connectivity index (χ1n) is 6.18. The number of nitrogens with zero attached hydrogens (tertiary/aromatic N) is 1. The van der Waals surface area contributed by atoms with Crippen LogP contribution in [0.4, 0.5) is 4.39 Å². The second kappa shape index (κ2) is 5.07. The monoisotopic (exact) mass is 277 g/mol. The molecule has 0 unspecified atom stereocenters. The summed E-state index contributed by atoms with van der Waals surface area (Å²) < 4.78 is 23.5. The molecule has 1 aromatic rings. The van der Waals surface area contributed by atoms with Crippen molar-refractivity contribution in [3.63, 3.8) is 0 Å². The lowest BCUT2D eigenvalue weighted by Crippen LogP contribution is -2.21. The normalized spacial score (nSPS) is 17.1. The Balaban J connectivity index is 2.43. The van der Waals surface area contributed by atoms with E-state index >= 15 is 0 Å². The van der Waals surface area contributed by atoms with Gasteiger partial charge in [0.25, 0.3) is 0 Å². The number of aliphatic imine (C=N–C) groups is 1. The van der Waals surface area contributed by atoms with Gasteiger partial charge in [-0.05, 0) is 24.3 Å². The predicted molar refractivity (Wildman–Crippen MR) is 73.9 cm³/mol. The number of esters is 1. The maximum Gasteiger partial charge on any atom is 0.363 e. The first kappa shape index (κ1) is 14.2. The van der Waals surface area contributed by atoms with E-state index in [9.17, 15) is 9.18 Å². The zero-order valence-electron chi connectivity index (χ0n) is 11.9. The van der Waals surface area contributed by atoms with Crippen LogP contribution < -0.4 is 4.74 Å². The molecule has 106 valence electrons. The summed E-state index contributed by atoms with van der Waals surface area (Å²) in [6.45, 7) is 5.68. The minimum absolute atomic E-state index is 0.138. The molecule has 0 aromatic heterocycles. The molecule has 0 spiro atoms. The van der Waals surface area contributed by atoms with E-state index in [1.807, 2.05) is 20.8 Å². The van der Waals surface area contributed by atoms with Crippen LogP contribution in [-0.2, 0) is 9.53 Å². The van der Waals surface area contributed by atoms with Crippen molar-refractivity contribution >= 4 is 17.9 Å². The van der Waals surface area contributed by atoms with Gasteiger partial charge >= 0.3 is 5.97 Å². The summed E-state index contributed by atoms with van der Waals surface area (Å²) in [6.07, 6.45) is 1.46. The average Bonchev–Trinajstić information content (AvgIpc) is 2.71. The third-order valence-corrected chi connectivity index (χ3v) is 2.75. The van der Waals surface area contributed by atoms with Crippen molar-refractivity contribution in [3.8, 4) is 5.75 Å². The smallest absolute Gasteiger partial charge is 0.363 e. The summed E-state index contributed by atoms with van der Waals surface area (Å²) in [5.41, 5.74) is 0.217. The van der Waals surface area contributed by atoms with Gasteiger partial charge in [0, 0.05) is 11.0 Å². The fourth-order valence-electron chi connectivity index (χ4n) is 1.70. The zero-order valence-corrected chi connectivity index (χ0v) is 11.9. The van der Waals surface area contributed by atoms with E-state index < -0.39 is 11.8 Å². The molecule has 0 saturated carbocycles. The van der Waals surface area contributed by atoms with E-state index in [2.05, 4.69) is 4.99 Å². The van der Waals surface area contributed by atoms with E-state index in [0.29, 0.717) is 17.2 Å². The van der Waals surface area contributed by atoms with E-state index in [-0.39, 0.29) is 11.1 Å². The van der Waals surface area contributed by atoms with Gasteiger partial charge in [0.2, 0.25) is 5.90 Å². The predicted octanol–water partition coefficient (Wildman–Crippen LogP) is 3.18. The van der Waals surface area contributed by atoms with Crippen LogP contribution in [0.5, 0.6) is 5.75 Å². The minimum Gasteiger partial charge on any atom is -0.496 e. The number of carbonyl (C=O) groups excluding carboxylic acids is 1. The second-order valence-corrected chi connectivity index (χ2v) is 5.47. The topological polar surface area (TPSA) is 47.9 Å². The maximum absolute atomic E-state index is 13.3. The number of hydrogen-bond acceptors (Lipinski definition) is 4. The number of rotatable bonds is 2. The van der Waals surface area contributed by atoms with Crippen LogP contribution >= 0.6 is 0 Å². The fourth-order valence-corrected chi connectivity index (χ4v) is 1.70. The third kappa shape index (κ3) is 2.87. The highest BCUT2D eigenvalue weighted by atomic mass is 19.1. The SMILES string of the molecule is COc1ccc(F)cc1/C=C1/N=C(C(C)(C)C)OC1=O. The second-order valence-electron chi connectivity index (χ2n) is 5.47. The van der Waals surface area contributed by atoms with Crippen LogP contribution in [0.3, 0.4) is 0 Å². The molecule has 0 atom stereocenters. The molecule has 1 aliphatic rings. The third-order valence-electron chi connectivity index (χ3n) is 2.75. The van der Waals surface area contributed by atoms with Crippen LogP contribution in [0, 0.1) is 11.2 Å². The molecular formula is C15H16FNO3. The lowest BCUT2D eigenvalue weighted by molar-refractivity contribution is -0.130. The number of cyclic esters (lactones) is 1. The Morgan fingerprint density at radius 3 is 2.60 bits per heavy atom. The highest BCUT2D eigenvalue weighted by molar-refractivity contribution is 6.08. The number of benzene rings is 1. The van der Waals surface area contributed by atoms with Crippen LogP contribution in [0.1, 0.15) is 26.3 Å². The van der Waals surface area contributed by atoms with Crippen LogP contribution in [-0.4, -0.2) is 19.0 Å². The van der Waals surface area contributed by atoms with Crippen LogP contribution in [0.15, 0.2) is 28.9 Å². The molecule has 1 heterocycles. The lowest BCUT2D eigenvalue weighted by atomic mass is 9.97. The van der Waals surface area contributed by atoms with Gasteiger partial charge in [-0.15, -0.1) is 0 Å².